The van der Waals surface area contributed by atoms with Crippen LogP contribution in [0.25, 0.3) is 22.6 Å². The number of ether oxygens (including phenoxy) is 2. The van der Waals surface area contributed by atoms with Crippen LogP contribution in [-0.4, -0.2) is 37.5 Å². The molecule has 0 saturated carbocycles. The van der Waals surface area contributed by atoms with Gasteiger partial charge in [-0.25, -0.2) is 9.78 Å². The van der Waals surface area contributed by atoms with Crippen LogP contribution in [-0.2, 0) is 0 Å². The van der Waals surface area contributed by atoms with Crippen molar-refractivity contribution in [3.8, 4) is 34.1 Å². The molecule has 0 saturated heterocycles. The molecule has 0 unspecified atom stereocenters. The number of urea groups is 1. The highest BCUT2D eigenvalue weighted by atomic mass is 32.2. The number of oxazole rings is 1. The van der Waals surface area contributed by atoms with E-state index >= 15 is 0 Å². The summed E-state index contributed by atoms with van der Waals surface area (Å²) in [6.45, 7) is 0.677. The number of hydrogen-bond donors (Lipinski definition) is 2. The van der Waals surface area contributed by atoms with Gasteiger partial charge in [-0.15, -0.1) is 0 Å². The Balaban J connectivity index is 1.80. The molecule has 2 amide bonds. The van der Waals surface area contributed by atoms with E-state index in [1.807, 2.05) is 54.8 Å². The molecule has 0 bridgehead atoms. The first-order valence-electron chi connectivity index (χ1n) is 8.56. The average molecular weight is 399 g/mol. The molecular formula is C20H21N3O4S. The monoisotopic (exact) mass is 399 g/mol. The SMILES string of the molecule is COc1ccc(-c2nc(SC)oc2-c2ccc(OCCNC(N)=O)cc2)cc1. The standard InChI is InChI=1S/C20H21N3O4S/c1-25-15-7-3-13(4-8-15)17-18(27-20(23-17)28-2)14-5-9-16(10-6-14)26-12-11-22-19(21)24/h3-10H,11-12H2,1-2H3,(H3,21,22,24). The Bertz CT molecular complexity index is 924. The van der Waals surface area contributed by atoms with Crippen LogP contribution in [0.2, 0.25) is 0 Å². The maximum Gasteiger partial charge on any atom is 0.312 e. The van der Waals surface area contributed by atoms with Crippen LogP contribution in [0.5, 0.6) is 11.5 Å². The summed E-state index contributed by atoms with van der Waals surface area (Å²) in [5.74, 6) is 2.16. The fourth-order valence-corrected chi connectivity index (χ4v) is 2.92. The van der Waals surface area contributed by atoms with Crippen LogP contribution in [0.1, 0.15) is 0 Å². The molecule has 0 atom stereocenters. The van der Waals surface area contributed by atoms with Gasteiger partial charge in [0.25, 0.3) is 5.22 Å². The van der Waals surface area contributed by atoms with E-state index in [1.54, 1.807) is 7.11 Å². The first-order chi connectivity index (χ1) is 13.6. The van der Waals surface area contributed by atoms with Gasteiger partial charge in [-0.05, 0) is 54.8 Å². The maximum atomic E-state index is 10.7. The lowest BCUT2D eigenvalue weighted by Crippen LogP contribution is -2.32. The Morgan fingerprint density at radius 1 is 1.11 bits per heavy atom. The van der Waals surface area contributed by atoms with E-state index in [4.69, 9.17) is 19.6 Å². The molecule has 7 nitrogen and oxygen atoms in total. The zero-order valence-electron chi connectivity index (χ0n) is 15.6. The number of amides is 2. The Labute approximate surface area is 167 Å². The van der Waals surface area contributed by atoms with Crippen LogP contribution in [0, 0.1) is 0 Å². The topological polar surface area (TPSA) is 99.6 Å². The summed E-state index contributed by atoms with van der Waals surface area (Å²) in [6, 6.07) is 14.6. The Kier molecular flexibility index (Phi) is 6.44. The zero-order valence-corrected chi connectivity index (χ0v) is 16.4. The molecule has 0 spiro atoms. The van der Waals surface area contributed by atoms with Crippen molar-refractivity contribution in [1.29, 1.82) is 0 Å². The van der Waals surface area contributed by atoms with Crippen molar-refractivity contribution in [2.45, 2.75) is 5.22 Å². The summed E-state index contributed by atoms with van der Waals surface area (Å²) >= 11 is 1.45. The zero-order chi connectivity index (χ0) is 19.9. The molecule has 0 aliphatic carbocycles. The first kappa shape index (κ1) is 19.6. The highest BCUT2D eigenvalue weighted by Gasteiger charge is 2.17. The van der Waals surface area contributed by atoms with Gasteiger partial charge in [0.1, 0.15) is 23.8 Å². The number of carbonyl (C=O) groups excluding carboxylic acids is 1. The normalized spacial score (nSPS) is 10.5. The van der Waals surface area contributed by atoms with E-state index in [9.17, 15) is 4.79 Å². The van der Waals surface area contributed by atoms with Crippen molar-refractivity contribution < 1.29 is 18.7 Å². The molecular weight excluding hydrogens is 378 g/mol. The number of hydrogen-bond acceptors (Lipinski definition) is 6. The lowest BCUT2D eigenvalue weighted by atomic mass is 10.1. The number of primary amides is 1. The van der Waals surface area contributed by atoms with E-state index in [0.717, 1.165) is 22.6 Å². The number of nitrogens with one attached hydrogen (secondary N) is 1. The Morgan fingerprint density at radius 3 is 2.36 bits per heavy atom. The van der Waals surface area contributed by atoms with Crippen LogP contribution in [0.15, 0.2) is 58.2 Å². The van der Waals surface area contributed by atoms with Gasteiger partial charge in [-0.1, -0.05) is 11.8 Å². The van der Waals surface area contributed by atoms with Crippen LogP contribution >= 0.6 is 11.8 Å². The number of rotatable bonds is 8. The molecule has 146 valence electrons. The quantitative estimate of drug-likeness (QED) is 0.442. The van der Waals surface area contributed by atoms with Gasteiger partial charge in [0.2, 0.25) is 0 Å². The van der Waals surface area contributed by atoms with Crippen LogP contribution in [0.4, 0.5) is 4.79 Å². The van der Waals surface area contributed by atoms with E-state index in [0.29, 0.717) is 29.9 Å². The van der Waals surface area contributed by atoms with Crippen molar-refractivity contribution >= 4 is 17.8 Å². The minimum absolute atomic E-state index is 0.332. The average Bonchev–Trinajstić information content (AvgIpc) is 3.16. The largest absolute Gasteiger partial charge is 0.497 e. The van der Waals surface area contributed by atoms with E-state index in [2.05, 4.69) is 10.3 Å². The molecule has 1 aromatic heterocycles. The van der Waals surface area contributed by atoms with Crippen molar-refractivity contribution in [2.75, 3.05) is 26.5 Å². The fourth-order valence-electron chi connectivity index (χ4n) is 2.57. The predicted octanol–water partition coefficient (Wildman–Crippen LogP) is 3.79. The first-order valence-corrected chi connectivity index (χ1v) is 9.79. The third kappa shape index (κ3) is 4.77. The summed E-state index contributed by atoms with van der Waals surface area (Å²) in [5, 5.41) is 3.07. The van der Waals surface area contributed by atoms with Crippen LogP contribution < -0.4 is 20.5 Å². The van der Waals surface area contributed by atoms with Crippen molar-refractivity contribution in [1.82, 2.24) is 10.3 Å². The molecule has 8 heteroatoms. The summed E-state index contributed by atoms with van der Waals surface area (Å²) in [6.07, 6.45) is 1.92. The second-order valence-electron chi connectivity index (χ2n) is 5.75. The van der Waals surface area contributed by atoms with Crippen molar-refractivity contribution in [3.63, 3.8) is 0 Å². The van der Waals surface area contributed by atoms with Crippen molar-refractivity contribution in [2.24, 2.45) is 5.73 Å². The summed E-state index contributed by atoms with van der Waals surface area (Å²) in [4.78, 5) is 15.3. The van der Waals surface area contributed by atoms with E-state index in [1.165, 1.54) is 11.8 Å². The van der Waals surface area contributed by atoms with E-state index < -0.39 is 6.03 Å². The molecule has 0 aliphatic rings. The minimum Gasteiger partial charge on any atom is -0.497 e. The molecule has 3 aromatic rings. The fraction of sp³-hybridized carbons (Fsp3) is 0.200. The predicted molar refractivity (Wildman–Crippen MR) is 109 cm³/mol. The van der Waals surface area contributed by atoms with Gasteiger partial charge in [-0.2, -0.15) is 0 Å². The molecule has 28 heavy (non-hydrogen) atoms. The number of methoxy groups -OCH3 is 1. The second-order valence-corrected chi connectivity index (χ2v) is 6.51. The molecule has 0 radical (unpaired) electrons. The molecule has 0 fully saturated rings. The van der Waals surface area contributed by atoms with Crippen molar-refractivity contribution in [3.05, 3.63) is 48.5 Å². The minimum atomic E-state index is -0.570. The van der Waals surface area contributed by atoms with Crippen LogP contribution in [0.3, 0.4) is 0 Å². The summed E-state index contributed by atoms with van der Waals surface area (Å²) in [7, 11) is 1.63. The number of aromatic nitrogens is 1. The van der Waals surface area contributed by atoms with Gasteiger partial charge < -0.3 is 24.9 Å². The number of nitrogens with two attached hydrogens (primary N) is 1. The number of benzene rings is 2. The van der Waals surface area contributed by atoms with Gasteiger partial charge in [0, 0.05) is 11.1 Å². The number of thioether (sulfide) groups is 1. The molecule has 3 rings (SSSR count). The molecule has 2 aromatic carbocycles. The second kappa shape index (κ2) is 9.18. The summed E-state index contributed by atoms with van der Waals surface area (Å²) in [5.41, 5.74) is 7.62. The lowest BCUT2D eigenvalue weighted by molar-refractivity contribution is 0.244. The lowest BCUT2D eigenvalue weighted by Gasteiger charge is -2.07. The molecule has 3 N–H and O–H groups in total. The van der Waals surface area contributed by atoms with E-state index in [-0.39, 0.29) is 0 Å². The highest BCUT2D eigenvalue weighted by molar-refractivity contribution is 7.98. The Hall–Kier alpha value is -3.13. The maximum absolute atomic E-state index is 10.7. The highest BCUT2D eigenvalue weighted by Crippen LogP contribution is 2.36. The molecule has 0 aliphatic heterocycles. The Morgan fingerprint density at radius 2 is 1.75 bits per heavy atom. The number of carbonyl (C=O) groups is 1. The van der Waals surface area contributed by atoms with Gasteiger partial charge >= 0.3 is 6.03 Å². The van der Waals surface area contributed by atoms with Gasteiger partial charge in [-0.3, -0.25) is 0 Å². The summed E-state index contributed by atoms with van der Waals surface area (Å²) < 4.78 is 16.7. The molecule has 1 heterocycles. The van der Waals surface area contributed by atoms with Gasteiger partial charge in [0.05, 0.1) is 13.7 Å². The smallest absolute Gasteiger partial charge is 0.312 e. The van der Waals surface area contributed by atoms with Gasteiger partial charge in [0.15, 0.2) is 5.76 Å². The third-order valence-corrected chi connectivity index (χ3v) is 4.46. The number of nitrogens with zero attached hydrogens (tertiary/aromatic N) is 1. The third-order valence-electron chi connectivity index (χ3n) is 3.93.